The summed E-state index contributed by atoms with van der Waals surface area (Å²) >= 11 is 3.27. The maximum absolute atomic E-state index is 11.4. The molecule has 0 unspecified atom stereocenters. The molecular weight excluding hydrogens is 298 g/mol. The van der Waals surface area contributed by atoms with E-state index in [1.165, 1.54) is 0 Å². The van der Waals surface area contributed by atoms with Crippen LogP contribution in [0.5, 0.6) is 5.75 Å². The second-order valence-corrected chi connectivity index (χ2v) is 4.71. The van der Waals surface area contributed by atoms with Crippen molar-refractivity contribution in [3.8, 4) is 5.75 Å². The van der Waals surface area contributed by atoms with Gasteiger partial charge in [-0.25, -0.2) is 0 Å². The van der Waals surface area contributed by atoms with E-state index in [1.54, 1.807) is 18.2 Å². The lowest BCUT2D eigenvalue weighted by molar-refractivity contribution is -0.123. The number of ether oxygens (including phenoxy) is 1. The maximum atomic E-state index is 11.4. The molecule has 0 atom stereocenters. The fraction of sp³-hybridized carbons (Fsp3) is 0.385. The summed E-state index contributed by atoms with van der Waals surface area (Å²) in [5.41, 5.74) is 0.422. The molecule has 0 aromatic heterocycles. The maximum Gasteiger partial charge on any atom is 0.257 e. The van der Waals surface area contributed by atoms with Gasteiger partial charge in [0.1, 0.15) is 5.75 Å². The van der Waals surface area contributed by atoms with Crippen molar-refractivity contribution in [2.45, 2.75) is 19.8 Å². The number of aldehydes is 1. The molecule has 0 aliphatic carbocycles. The predicted octanol–water partition coefficient (Wildman–Crippen LogP) is 2.56. The van der Waals surface area contributed by atoms with Gasteiger partial charge >= 0.3 is 0 Å². The Morgan fingerprint density at radius 1 is 1.50 bits per heavy atom. The van der Waals surface area contributed by atoms with Gasteiger partial charge in [0.25, 0.3) is 5.91 Å². The molecule has 0 aliphatic rings. The van der Waals surface area contributed by atoms with Crippen LogP contribution in [0.4, 0.5) is 0 Å². The molecule has 98 valence electrons. The average Bonchev–Trinajstić information content (AvgIpc) is 2.37. The van der Waals surface area contributed by atoms with Crippen LogP contribution in [0.3, 0.4) is 0 Å². The number of carbonyl (C=O) groups is 2. The molecule has 5 heteroatoms. The largest absolute Gasteiger partial charge is 0.483 e. The molecule has 0 spiro atoms. The molecule has 0 heterocycles. The van der Waals surface area contributed by atoms with E-state index in [4.69, 9.17) is 4.74 Å². The molecule has 4 nitrogen and oxygen atoms in total. The highest BCUT2D eigenvalue weighted by Gasteiger charge is 2.06. The molecule has 0 saturated heterocycles. The minimum Gasteiger partial charge on any atom is -0.483 e. The van der Waals surface area contributed by atoms with Crippen molar-refractivity contribution in [1.82, 2.24) is 5.32 Å². The zero-order valence-electron chi connectivity index (χ0n) is 10.2. The van der Waals surface area contributed by atoms with Gasteiger partial charge in [-0.3, -0.25) is 9.59 Å². The summed E-state index contributed by atoms with van der Waals surface area (Å²) in [5, 5.41) is 2.74. The summed E-state index contributed by atoms with van der Waals surface area (Å²) in [6, 6.07) is 5.07. The highest BCUT2D eigenvalue weighted by Crippen LogP contribution is 2.21. The summed E-state index contributed by atoms with van der Waals surface area (Å²) in [6.07, 6.45) is 2.68. The zero-order chi connectivity index (χ0) is 13.4. The van der Waals surface area contributed by atoms with Gasteiger partial charge in [0.15, 0.2) is 12.9 Å². The van der Waals surface area contributed by atoms with E-state index in [0.717, 1.165) is 17.3 Å². The number of carbonyl (C=O) groups excluding carboxylic acids is 2. The second kappa shape index (κ2) is 7.87. The SMILES string of the molecule is CCCCNC(=O)COc1ccc(Br)cc1C=O. The number of nitrogens with one attached hydrogen (secondary N) is 1. The highest BCUT2D eigenvalue weighted by atomic mass is 79.9. The summed E-state index contributed by atoms with van der Waals surface area (Å²) in [6.45, 7) is 2.63. The Bertz CT molecular complexity index is 421. The fourth-order valence-corrected chi connectivity index (χ4v) is 1.72. The van der Waals surface area contributed by atoms with E-state index in [1.807, 2.05) is 0 Å². The fourth-order valence-electron chi connectivity index (χ4n) is 1.34. The van der Waals surface area contributed by atoms with Crippen molar-refractivity contribution < 1.29 is 14.3 Å². The quantitative estimate of drug-likeness (QED) is 0.621. The summed E-state index contributed by atoms with van der Waals surface area (Å²) in [4.78, 5) is 22.3. The van der Waals surface area contributed by atoms with E-state index in [2.05, 4.69) is 28.2 Å². The van der Waals surface area contributed by atoms with Gasteiger partial charge in [-0.15, -0.1) is 0 Å². The Labute approximate surface area is 115 Å². The van der Waals surface area contributed by atoms with E-state index in [0.29, 0.717) is 24.1 Å². The Hall–Kier alpha value is -1.36. The molecule has 18 heavy (non-hydrogen) atoms. The second-order valence-electron chi connectivity index (χ2n) is 3.79. The first kappa shape index (κ1) is 14.7. The van der Waals surface area contributed by atoms with Crippen LogP contribution in [0.25, 0.3) is 0 Å². The molecule has 1 amide bonds. The Kier molecular flexibility index (Phi) is 6.43. The van der Waals surface area contributed by atoms with Gasteiger partial charge in [0.05, 0.1) is 5.56 Å². The molecular formula is C13H16BrNO3. The summed E-state index contributed by atoms with van der Waals surface area (Å²) < 4.78 is 6.11. The molecule has 1 N–H and O–H groups in total. The van der Waals surface area contributed by atoms with Gasteiger partial charge in [-0.2, -0.15) is 0 Å². The standard InChI is InChI=1S/C13H16BrNO3/c1-2-3-6-15-13(17)9-18-12-5-4-11(14)7-10(12)8-16/h4-5,7-8H,2-3,6,9H2,1H3,(H,15,17). The van der Waals surface area contributed by atoms with Crippen LogP contribution >= 0.6 is 15.9 Å². The van der Waals surface area contributed by atoms with Crippen LogP contribution in [-0.4, -0.2) is 25.3 Å². The highest BCUT2D eigenvalue weighted by molar-refractivity contribution is 9.10. The van der Waals surface area contributed by atoms with Crippen molar-refractivity contribution in [2.75, 3.05) is 13.2 Å². The minimum absolute atomic E-state index is 0.0772. The summed E-state index contributed by atoms with van der Waals surface area (Å²) in [5.74, 6) is 0.238. The van der Waals surface area contributed by atoms with Crippen LogP contribution in [0.15, 0.2) is 22.7 Å². The number of rotatable bonds is 7. The molecule has 1 aromatic rings. The van der Waals surface area contributed by atoms with Gasteiger partial charge in [0, 0.05) is 11.0 Å². The molecule has 0 fully saturated rings. The average molecular weight is 314 g/mol. The van der Waals surface area contributed by atoms with E-state index < -0.39 is 0 Å². The molecule has 0 saturated carbocycles. The number of benzene rings is 1. The monoisotopic (exact) mass is 313 g/mol. The van der Waals surface area contributed by atoms with Crippen LogP contribution in [0.1, 0.15) is 30.1 Å². The van der Waals surface area contributed by atoms with Gasteiger partial charge in [-0.1, -0.05) is 29.3 Å². The first-order chi connectivity index (χ1) is 8.67. The number of hydrogen-bond acceptors (Lipinski definition) is 3. The van der Waals surface area contributed by atoms with Gasteiger partial charge < -0.3 is 10.1 Å². The lowest BCUT2D eigenvalue weighted by Gasteiger charge is -2.09. The van der Waals surface area contributed by atoms with Gasteiger partial charge in [0.2, 0.25) is 0 Å². The van der Waals surface area contributed by atoms with E-state index in [-0.39, 0.29) is 12.5 Å². The summed E-state index contributed by atoms with van der Waals surface area (Å²) in [7, 11) is 0. The topological polar surface area (TPSA) is 55.4 Å². The van der Waals surface area contributed by atoms with Crippen LogP contribution < -0.4 is 10.1 Å². The van der Waals surface area contributed by atoms with Crippen molar-refractivity contribution in [3.05, 3.63) is 28.2 Å². The predicted molar refractivity (Wildman–Crippen MR) is 72.9 cm³/mol. The molecule has 0 bridgehead atoms. The lowest BCUT2D eigenvalue weighted by atomic mass is 10.2. The van der Waals surface area contributed by atoms with Gasteiger partial charge in [-0.05, 0) is 24.6 Å². The minimum atomic E-state index is -0.178. The molecule has 0 radical (unpaired) electrons. The van der Waals surface area contributed by atoms with E-state index >= 15 is 0 Å². The van der Waals surface area contributed by atoms with Crippen molar-refractivity contribution in [1.29, 1.82) is 0 Å². The Morgan fingerprint density at radius 2 is 2.28 bits per heavy atom. The van der Waals surface area contributed by atoms with E-state index in [9.17, 15) is 9.59 Å². The van der Waals surface area contributed by atoms with Crippen LogP contribution in [0, 0.1) is 0 Å². The lowest BCUT2D eigenvalue weighted by Crippen LogP contribution is -2.29. The Balaban J connectivity index is 2.48. The third-order valence-electron chi connectivity index (χ3n) is 2.31. The molecule has 1 aromatic carbocycles. The third kappa shape index (κ3) is 4.87. The third-order valence-corrected chi connectivity index (χ3v) is 2.80. The van der Waals surface area contributed by atoms with Crippen molar-refractivity contribution >= 4 is 28.1 Å². The van der Waals surface area contributed by atoms with Crippen LogP contribution in [0.2, 0.25) is 0 Å². The normalized spacial score (nSPS) is 9.89. The first-order valence-electron chi connectivity index (χ1n) is 5.81. The van der Waals surface area contributed by atoms with Crippen molar-refractivity contribution in [2.24, 2.45) is 0 Å². The Morgan fingerprint density at radius 3 is 2.94 bits per heavy atom. The smallest absolute Gasteiger partial charge is 0.257 e. The number of amides is 1. The molecule has 0 aliphatic heterocycles. The number of halogens is 1. The number of unbranched alkanes of at least 4 members (excludes halogenated alkanes) is 1. The first-order valence-corrected chi connectivity index (χ1v) is 6.61. The number of hydrogen-bond donors (Lipinski definition) is 1. The molecule has 1 rings (SSSR count). The van der Waals surface area contributed by atoms with Crippen LogP contribution in [-0.2, 0) is 4.79 Å². The zero-order valence-corrected chi connectivity index (χ0v) is 11.8. The van der Waals surface area contributed by atoms with Crippen molar-refractivity contribution in [3.63, 3.8) is 0 Å².